The lowest BCUT2D eigenvalue weighted by Crippen LogP contribution is -2.46. The summed E-state index contributed by atoms with van der Waals surface area (Å²) in [6.07, 6.45) is 5.41. The number of aryl methyl sites for hydroxylation is 2. The molecule has 0 bridgehead atoms. The van der Waals surface area contributed by atoms with Gasteiger partial charge in [0.2, 0.25) is 0 Å². The van der Waals surface area contributed by atoms with Crippen molar-refractivity contribution < 1.29 is 0 Å². The van der Waals surface area contributed by atoms with E-state index in [-0.39, 0.29) is 0 Å². The van der Waals surface area contributed by atoms with Crippen LogP contribution in [0.15, 0.2) is 23.6 Å². The Morgan fingerprint density at radius 2 is 1.79 bits per heavy atom. The van der Waals surface area contributed by atoms with Gasteiger partial charge in [-0.3, -0.25) is 4.90 Å². The monoisotopic (exact) mass is 340 g/mol. The van der Waals surface area contributed by atoms with Crippen molar-refractivity contribution >= 4 is 17.0 Å². The second kappa shape index (κ2) is 6.89. The standard InChI is InChI=1S/C21H28N2S/c1-16-6-5-8-20(17(16)2)23-12-10-22(11-13-23)14-18-15-24-21-9-4-3-7-19(18)21/h5-6,8,15H,3-4,7,9-14H2,1-2H3. The Morgan fingerprint density at radius 3 is 2.62 bits per heavy atom. The van der Waals surface area contributed by atoms with Crippen LogP contribution in [0.5, 0.6) is 0 Å². The van der Waals surface area contributed by atoms with Crippen LogP contribution in [0.3, 0.4) is 0 Å². The van der Waals surface area contributed by atoms with Crippen molar-refractivity contribution in [1.82, 2.24) is 4.90 Å². The third-order valence-electron chi connectivity index (χ3n) is 5.83. The Balaban J connectivity index is 1.40. The maximum atomic E-state index is 2.65. The fraction of sp³-hybridized carbons (Fsp3) is 0.524. The van der Waals surface area contributed by atoms with Gasteiger partial charge < -0.3 is 4.90 Å². The van der Waals surface area contributed by atoms with E-state index in [1.807, 2.05) is 11.3 Å². The molecule has 0 atom stereocenters. The summed E-state index contributed by atoms with van der Waals surface area (Å²) >= 11 is 2.00. The lowest BCUT2D eigenvalue weighted by atomic mass is 9.95. The van der Waals surface area contributed by atoms with E-state index in [4.69, 9.17) is 0 Å². The first-order chi connectivity index (χ1) is 11.7. The molecule has 2 aliphatic rings. The predicted molar refractivity (Wildman–Crippen MR) is 104 cm³/mol. The fourth-order valence-electron chi connectivity index (χ4n) is 4.16. The van der Waals surface area contributed by atoms with Crippen LogP contribution in [-0.2, 0) is 19.4 Å². The topological polar surface area (TPSA) is 6.48 Å². The van der Waals surface area contributed by atoms with Crippen LogP contribution in [0, 0.1) is 13.8 Å². The van der Waals surface area contributed by atoms with Crippen LogP contribution in [0.25, 0.3) is 0 Å². The second-order valence-electron chi connectivity index (χ2n) is 7.35. The summed E-state index contributed by atoms with van der Waals surface area (Å²) in [5.74, 6) is 0. The number of benzene rings is 1. The molecule has 0 unspecified atom stereocenters. The molecule has 2 aromatic rings. The molecule has 1 saturated heterocycles. The van der Waals surface area contributed by atoms with Crippen molar-refractivity contribution in [2.24, 2.45) is 0 Å². The Morgan fingerprint density at radius 1 is 1.00 bits per heavy atom. The number of hydrogen-bond acceptors (Lipinski definition) is 3. The number of hydrogen-bond donors (Lipinski definition) is 0. The van der Waals surface area contributed by atoms with Crippen molar-refractivity contribution in [3.8, 4) is 0 Å². The highest BCUT2D eigenvalue weighted by molar-refractivity contribution is 7.10. The van der Waals surface area contributed by atoms with Crippen molar-refractivity contribution in [2.75, 3.05) is 31.1 Å². The summed E-state index contributed by atoms with van der Waals surface area (Å²) in [6.45, 7) is 10.3. The van der Waals surface area contributed by atoms with E-state index in [2.05, 4.69) is 47.2 Å². The van der Waals surface area contributed by atoms with Crippen LogP contribution < -0.4 is 4.90 Å². The maximum Gasteiger partial charge on any atom is 0.0399 e. The average molecular weight is 341 g/mol. The first-order valence-electron chi connectivity index (χ1n) is 9.34. The van der Waals surface area contributed by atoms with Crippen molar-refractivity contribution in [3.05, 3.63) is 50.7 Å². The van der Waals surface area contributed by atoms with Crippen LogP contribution in [0.1, 0.15) is 40.0 Å². The number of thiophene rings is 1. The average Bonchev–Trinajstić information content (AvgIpc) is 3.01. The van der Waals surface area contributed by atoms with Gasteiger partial charge in [0.1, 0.15) is 0 Å². The van der Waals surface area contributed by atoms with E-state index in [0.29, 0.717) is 0 Å². The van der Waals surface area contributed by atoms with Gasteiger partial charge in [-0.2, -0.15) is 0 Å². The smallest absolute Gasteiger partial charge is 0.0399 e. The minimum Gasteiger partial charge on any atom is -0.369 e. The molecule has 24 heavy (non-hydrogen) atoms. The van der Waals surface area contributed by atoms with Crippen LogP contribution in [0.4, 0.5) is 5.69 Å². The minimum absolute atomic E-state index is 1.15. The van der Waals surface area contributed by atoms with Crippen molar-refractivity contribution in [3.63, 3.8) is 0 Å². The van der Waals surface area contributed by atoms with E-state index in [1.165, 1.54) is 55.6 Å². The first kappa shape index (κ1) is 16.2. The van der Waals surface area contributed by atoms with Gasteiger partial charge in [-0.1, -0.05) is 12.1 Å². The van der Waals surface area contributed by atoms with Crippen LogP contribution in [-0.4, -0.2) is 31.1 Å². The third kappa shape index (κ3) is 3.12. The largest absolute Gasteiger partial charge is 0.369 e. The molecule has 1 fully saturated rings. The molecule has 1 aliphatic carbocycles. The summed E-state index contributed by atoms with van der Waals surface area (Å²) in [6, 6.07) is 6.70. The van der Waals surface area contributed by atoms with Gasteiger partial charge in [0.15, 0.2) is 0 Å². The highest BCUT2D eigenvalue weighted by atomic mass is 32.1. The molecule has 1 aliphatic heterocycles. The molecule has 4 rings (SSSR count). The van der Waals surface area contributed by atoms with Gasteiger partial charge in [-0.25, -0.2) is 0 Å². The number of anilines is 1. The lowest BCUT2D eigenvalue weighted by molar-refractivity contribution is 0.249. The molecule has 0 spiro atoms. The predicted octanol–water partition coefficient (Wildman–Crippen LogP) is 4.57. The van der Waals surface area contributed by atoms with E-state index in [1.54, 1.807) is 16.0 Å². The molecule has 0 N–H and O–H groups in total. The summed E-state index contributed by atoms with van der Waals surface area (Å²) in [5.41, 5.74) is 7.60. The van der Waals surface area contributed by atoms with E-state index < -0.39 is 0 Å². The molecule has 1 aromatic heterocycles. The van der Waals surface area contributed by atoms with Gasteiger partial charge in [-0.05, 0) is 73.2 Å². The van der Waals surface area contributed by atoms with Gasteiger partial charge in [0.05, 0.1) is 0 Å². The van der Waals surface area contributed by atoms with Gasteiger partial charge in [0, 0.05) is 43.3 Å². The van der Waals surface area contributed by atoms with Gasteiger partial charge >= 0.3 is 0 Å². The van der Waals surface area contributed by atoms with E-state index in [0.717, 1.165) is 19.6 Å². The Kier molecular flexibility index (Phi) is 4.64. The molecule has 2 heterocycles. The first-order valence-corrected chi connectivity index (χ1v) is 10.2. The molecule has 1 aromatic carbocycles. The molecular weight excluding hydrogens is 312 g/mol. The fourth-order valence-corrected chi connectivity index (χ4v) is 5.30. The van der Waals surface area contributed by atoms with Gasteiger partial charge in [0.25, 0.3) is 0 Å². The molecule has 128 valence electrons. The maximum absolute atomic E-state index is 2.65. The highest BCUT2D eigenvalue weighted by Gasteiger charge is 2.21. The zero-order chi connectivity index (χ0) is 16.5. The highest BCUT2D eigenvalue weighted by Crippen LogP contribution is 2.31. The van der Waals surface area contributed by atoms with Crippen LogP contribution in [0.2, 0.25) is 0 Å². The Hall–Kier alpha value is -1.32. The summed E-state index contributed by atoms with van der Waals surface area (Å²) in [5, 5.41) is 2.44. The quantitative estimate of drug-likeness (QED) is 0.808. The Labute approximate surface area is 150 Å². The molecule has 3 heteroatoms. The van der Waals surface area contributed by atoms with Crippen LogP contribution >= 0.6 is 11.3 Å². The molecular formula is C21H28N2S. The number of piperazine rings is 1. The molecule has 0 radical (unpaired) electrons. The SMILES string of the molecule is Cc1cccc(N2CCN(Cc3csc4c3CCCC4)CC2)c1C. The number of rotatable bonds is 3. The van der Waals surface area contributed by atoms with Gasteiger partial charge in [-0.15, -0.1) is 11.3 Å². The molecule has 0 amide bonds. The third-order valence-corrected chi connectivity index (χ3v) is 6.97. The van der Waals surface area contributed by atoms with Crippen molar-refractivity contribution in [2.45, 2.75) is 46.1 Å². The summed E-state index contributed by atoms with van der Waals surface area (Å²) < 4.78 is 0. The zero-order valence-corrected chi connectivity index (χ0v) is 15.8. The molecule has 0 saturated carbocycles. The number of fused-ring (bicyclic) bond motifs is 1. The van der Waals surface area contributed by atoms with E-state index >= 15 is 0 Å². The van der Waals surface area contributed by atoms with E-state index in [9.17, 15) is 0 Å². The lowest BCUT2D eigenvalue weighted by Gasteiger charge is -2.37. The Bertz CT molecular complexity index is 711. The number of nitrogens with zero attached hydrogens (tertiary/aromatic N) is 2. The second-order valence-corrected chi connectivity index (χ2v) is 8.32. The van der Waals surface area contributed by atoms with Crippen molar-refractivity contribution in [1.29, 1.82) is 0 Å². The zero-order valence-electron chi connectivity index (χ0n) is 15.0. The summed E-state index contributed by atoms with van der Waals surface area (Å²) in [4.78, 5) is 6.89. The molecule has 2 nitrogen and oxygen atoms in total. The normalized spacial score (nSPS) is 18.7. The summed E-state index contributed by atoms with van der Waals surface area (Å²) in [7, 11) is 0. The minimum atomic E-state index is 1.15.